The molecule has 1 heterocycles. The van der Waals surface area contributed by atoms with Crippen LogP contribution in [0.15, 0.2) is 60.9 Å². The molecule has 1 aromatic heterocycles. The van der Waals surface area contributed by atoms with Gasteiger partial charge in [0, 0.05) is 5.56 Å². The number of rotatable bonds is 4. The van der Waals surface area contributed by atoms with Crippen LogP contribution < -0.4 is 0 Å². The van der Waals surface area contributed by atoms with Crippen molar-refractivity contribution in [2.24, 2.45) is 0 Å². The number of imidazole rings is 1. The number of aromatic nitrogens is 2. The van der Waals surface area contributed by atoms with Gasteiger partial charge in [-0.05, 0) is 18.6 Å². The van der Waals surface area contributed by atoms with Gasteiger partial charge in [0.2, 0.25) is 0 Å². The van der Waals surface area contributed by atoms with Crippen LogP contribution in [0, 0.1) is 0 Å². The Morgan fingerprint density at radius 3 is 2.55 bits per heavy atom. The van der Waals surface area contributed by atoms with Crippen LogP contribution in [0.25, 0.3) is 11.0 Å². The second-order valence-electron chi connectivity index (χ2n) is 4.79. The summed E-state index contributed by atoms with van der Waals surface area (Å²) in [5.74, 6) is 0.135. The van der Waals surface area contributed by atoms with E-state index >= 15 is 0 Å². The van der Waals surface area contributed by atoms with Crippen LogP contribution >= 0.6 is 0 Å². The zero-order chi connectivity index (χ0) is 13.9. The highest BCUT2D eigenvalue weighted by Crippen LogP contribution is 2.23. The van der Waals surface area contributed by atoms with Crippen LogP contribution in [0.3, 0.4) is 0 Å². The van der Waals surface area contributed by atoms with E-state index in [1.54, 1.807) is 6.33 Å². The van der Waals surface area contributed by atoms with E-state index < -0.39 is 0 Å². The molecule has 1 atom stereocenters. The number of carbonyl (C=O) groups excluding carboxylic acids is 1. The average molecular weight is 264 g/mol. The average Bonchev–Trinajstić information content (AvgIpc) is 2.93. The molecular formula is C17H16N2O. The molecule has 20 heavy (non-hydrogen) atoms. The lowest BCUT2D eigenvalue weighted by atomic mass is 10.0. The largest absolute Gasteiger partial charge is 0.320 e. The topological polar surface area (TPSA) is 34.9 Å². The molecular weight excluding hydrogens is 248 g/mol. The summed E-state index contributed by atoms with van der Waals surface area (Å²) in [7, 11) is 0. The number of benzene rings is 2. The third kappa shape index (κ3) is 2.11. The molecule has 3 heteroatoms. The highest BCUT2D eigenvalue weighted by atomic mass is 16.1. The minimum absolute atomic E-state index is 0.135. The van der Waals surface area contributed by atoms with Gasteiger partial charge in [0.1, 0.15) is 0 Å². The van der Waals surface area contributed by atoms with E-state index in [9.17, 15) is 4.79 Å². The summed E-state index contributed by atoms with van der Waals surface area (Å²) >= 11 is 0. The highest BCUT2D eigenvalue weighted by molar-refractivity contribution is 5.99. The molecule has 100 valence electrons. The number of ketones is 1. The van der Waals surface area contributed by atoms with Gasteiger partial charge in [-0.2, -0.15) is 0 Å². The van der Waals surface area contributed by atoms with Crippen molar-refractivity contribution in [2.45, 2.75) is 19.4 Å². The fourth-order valence-electron chi connectivity index (χ4n) is 2.53. The van der Waals surface area contributed by atoms with E-state index in [4.69, 9.17) is 0 Å². The van der Waals surface area contributed by atoms with Crippen LogP contribution in [-0.4, -0.2) is 15.3 Å². The fourth-order valence-corrected chi connectivity index (χ4v) is 2.53. The minimum atomic E-state index is -0.204. The Morgan fingerprint density at radius 2 is 1.80 bits per heavy atom. The van der Waals surface area contributed by atoms with Gasteiger partial charge >= 0.3 is 0 Å². The van der Waals surface area contributed by atoms with Crippen LogP contribution in [0.2, 0.25) is 0 Å². The summed E-state index contributed by atoms with van der Waals surface area (Å²) in [6.07, 6.45) is 2.51. The van der Waals surface area contributed by atoms with E-state index in [1.807, 2.05) is 66.1 Å². The Labute approximate surface area is 117 Å². The van der Waals surface area contributed by atoms with Gasteiger partial charge in [-0.3, -0.25) is 4.79 Å². The maximum atomic E-state index is 12.7. The maximum absolute atomic E-state index is 12.7. The van der Waals surface area contributed by atoms with Crippen LogP contribution in [0.4, 0.5) is 0 Å². The normalized spacial score (nSPS) is 12.4. The molecule has 0 saturated carbocycles. The second-order valence-corrected chi connectivity index (χ2v) is 4.79. The van der Waals surface area contributed by atoms with Gasteiger partial charge in [0.15, 0.2) is 5.78 Å². The maximum Gasteiger partial charge on any atom is 0.185 e. The van der Waals surface area contributed by atoms with Crippen molar-refractivity contribution in [2.75, 3.05) is 0 Å². The van der Waals surface area contributed by atoms with Gasteiger partial charge in [-0.1, -0.05) is 49.4 Å². The Bertz CT molecular complexity index is 731. The molecule has 2 aromatic carbocycles. The molecule has 0 saturated heterocycles. The molecule has 0 aliphatic rings. The molecule has 1 unspecified atom stereocenters. The molecule has 0 radical (unpaired) electrons. The van der Waals surface area contributed by atoms with Crippen LogP contribution in [-0.2, 0) is 0 Å². The van der Waals surface area contributed by atoms with Gasteiger partial charge in [-0.25, -0.2) is 4.98 Å². The summed E-state index contributed by atoms with van der Waals surface area (Å²) in [5, 5.41) is 0. The van der Waals surface area contributed by atoms with Crippen molar-refractivity contribution in [3.05, 3.63) is 66.5 Å². The lowest BCUT2D eigenvalue weighted by Crippen LogP contribution is -2.18. The molecule has 0 N–H and O–H groups in total. The quantitative estimate of drug-likeness (QED) is 0.670. The number of hydrogen-bond acceptors (Lipinski definition) is 2. The number of fused-ring (bicyclic) bond motifs is 1. The Balaban J connectivity index is 2.04. The minimum Gasteiger partial charge on any atom is -0.320 e. The summed E-state index contributed by atoms with van der Waals surface area (Å²) in [6.45, 7) is 2.03. The zero-order valence-corrected chi connectivity index (χ0v) is 11.4. The third-order valence-corrected chi connectivity index (χ3v) is 3.56. The van der Waals surface area contributed by atoms with Crippen LogP contribution in [0.5, 0.6) is 0 Å². The molecule has 0 amide bonds. The molecule has 0 aliphatic heterocycles. The van der Waals surface area contributed by atoms with E-state index in [0.29, 0.717) is 0 Å². The predicted octanol–water partition coefficient (Wildman–Crippen LogP) is 3.87. The van der Waals surface area contributed by atoms with Crippen molar-refractivity contribution in [3.8, 4) is 0 Å². The Kier molecular flexibility index (Phi) is 3.33. The first-order chi connectivity index (χ1) is 9.81. The first kappa shape index (κ1) is 12.6. The summed E-state index contributed by atoms with van der Waals surface area (Å²) in [5.41, 5.74) is 2.67. The summed E-state index contributed by atoms with van der Waals surface area (Å²) in [4.78, 5) is 17.0. The molecule has 0 aliphatic carbocycles. The number of Topliss-reactive ketones (excluding diaryl/α,β-unsaturated/α-hetero) is 1. The second kappa shape index (κ2) is 5.29. The van der Waals surface area contributed by atoms with Crippen molar-refractivity contribution in [3.63, 3.8) is 0 Å². The monoisotopic (exact) mass is 264 g/mol. The zero-order valence-electron chi connectivity index (χ0n) is 11.4. The Hall–Kier alpha value is -2.42. The van der Waals surface area contributed by atoms with Gasteiger partial charge in [0.05, 0.1) is 23.4 Å². The number of nitrogens with zero attached hydrogens (tertiary/aromatic N) is 2. The van der Waals surface area contributed by atoms with Crippen molar-refractivity contribution >= 4 is 16.8 Å². The van der Waals surface area contributed by atoms with E-state index in [1.165, 1.54) is 0 Å². The number of para-hydroxylation sites is 2. The van der Waals surface area contributed by atoms with E-state index in [2.05, 4.69) is 4.98 Å². The molecule has 0 spiro atoms. The van der Waals surface area contributed by atoms with E-state index in [0.717, 1.165) is 23.0 Å². The third-order valence-electron chi connectivity index (χ3n) is 3.56. The summed E-state index contributed by atoms with van der Waals surface area (Å²) < 4.78 is 1.98. The van der Waals surface area contributed by atoms with Crippen molar-refractivity contribution < 1.29 is 4.79 Å². The van der Waals surface area contributed by atoms with Crippen molar-refractivity contribution in [1.29, 1.82) is 0 Å². The lowest BCUT2D eigenvalue weighted by molar-refractivity contribution is 0.0924. The Morgan fingerprint density at radius 1 is 1.10 bits per heavy atom. The predicted molar refractivity (Wildman–Crippen MR) is 79.8 cm³/mol. The lowest BCUT2D eigenvalue weighted by Gasteiger charge is -2.16. The molecule has 3 nitrogen and oxygen atoms in total. The van der Waals surface area contributed by atoms with Crippen LogP contribution in [0.1, 0.15) is 29.7 Å². The standard InChI is InChI=1S/C17H16N2O/c1-2-15(17(20)13-8-4-3-5-9-13)19-12-18-14-10-6-7-11-16(14)19/h3-12,15H,2H2,1H3. The fraction of sp³-hybridized carbons (Fsp3) is 0.176. The van der Waals surface area contributed by atoms with Gasteiger partial charge in [0.25, 0.3) is 0 Å². The van der Waals surface area contributed by atoms with Gasteiger partial charge < -0.3 is 4.57 Å². The molecule has 3 aromatic rings. The first-order valence-electron chi connectivity index (χ1n) is 6.82. The SMILES string of the molecule is CCC(C(=O)c1ccccc1)n1cnc2ccccc21. The van der Waals surface area contributed by atoms with E-state index in [-0.39, 0.29) is 11.8 Å². The molecule has 0 bridgehead atoms. The summed E-state index contributed by atoms with van der Waals surface area (Å²) in [6, 6.07) is 17.1. The van der Waals surface area contributed by atoms with Gasteiger partial charge in [-0.15, -0.1) is 0 Å². The van der Waals surface area contributed by atoms with Crippen molar-refractivity contribution in [1.82, 2.24) is 9.55 Å². The molecule has 3 rings (SSSR count). The smallest absolute Gasteiger partial charge is 0.185 e. The number of carbonyl (C=O) groups is 1. The molecule has 0 fully saturated rings. The first-order valence-corrected chi connectivity index (χ1v) is 6.82. The number of hydrogen-bond donors (Lipinski definition) is 0. The highest BCUT2D eigenvalue weighted by Gasteiger charge is 2.21.